The third-order valence-corrected chi connectivity index (χ3v) is 4.88. The van der Waals surface area contributed by atoms with E-state index >= 15 is 0 Å². The van der Waals surface area contributed by atoms with Gasteiger partial charge in [-0.05, 0) is 6.42 Å². The van der Waals surface area contributed by atoms with E-state index in [4.69, 9.17) is 10.5 Å². The van der Waals surface area contributed by atoms with Crippen molar-refractivity contribution in [1.82, 2.24) is 4.90 Å². The highest BCUT2D eigenvalue weighted by Gasteiger charge is 2.61. The monoisotopic (exact) mass is 312 g/mol. The lowest BCUT2D eigenvalue weighted by molar-refractivity contribution is -0.154. The van der Waals surface area contributed by atoms with Crippen LogP contribution in [0.1, 0.15) is 13.3 Å². The Morgan fingerprint density at radius 3 is 2.86 bits per heavy atom. The van der Waals surface area contributed by atoms with Gasteiger partial charge in [-0.15, -0.1) is 18.3 Å². The number of β-lactam (4-membered cyclic amide) rings is 1. The van der Waals surface area contributed by atoms with Crippen LogP contribution < -0.4 is 5.73 Å². The zero-order valence-electron chi connectivity index (χ0n) is 11.5. The molecule has 0 aromatic carbocycles. The van der Waals surface area contributed by atoms with E-state index in [2.05, 4.69) is 6.58 Å². The zero-order valence-corrected chi connectivity index (χ0v) is 12.3. The molecule has 8 heteroatoms. The van der Waals surface area contributed by atoms with Crippen LogP contribution in [0.15, 0.2) is 23.9 Å². The summed E-state index contributed by atoms with van der Waals surface area (Å²) in [6.07, 6.45) is 1.83. The second kappa shape index (κ2) is 5.53. The van der Waals surface area contributed by atoms with Gasteiger partial charge in [-0.2, -0.15) is 0 Å². The van der Waals surface area contributed by atoms with Crippen molar-refractivity contribution in [3.63, 3.8) is 0 Å². The first-order valence-electron chi connectivity index (χ1n) is 6.26. The molecule has 1 amide bonds. The smallest absolute Gasteiger partial charge is 0.352 e. The van der Waals surface area contributed by atoms with Gasteiger partial charge in [-0.25, -0.2) is 4.79 Å². The molecule has 2 aliphatic rings. The number of carbonyl (C=O) groups excluding carboxylic acids is 2. The van der Waals surface area contributed by atoms with Crippen LogP contribution in [0.3, 0.4) is 0 Å². The normalized spacial score (nSPS) is 27.8. The first kappa shape index (κ1) is 15.6. The fourth-order valence-electron chi connectivity index (χ4n) is 2.44. The number of thioether (sulfide) groups is 1. The Morgan fingerprint density at radius 1 is 1.67 bits per heavy atom. The van der Waals surface area contributed by atoms with Crippen LogP contribution >= 0.6 is 11.8 Å². The molecule has 0 saturated carbocycles. The van der Waals surface area contributed by atoms with E-state index in [0.717, 1.165) is 0 Å². The Bertz CT molecular complexity index is 559. The summed E-state index contributed by atoms with van der Waals surface area (Å²) >= 11 is 1.36. The lowest BCUT2D eigenvalue weighted by atomic mass is 9.84. The number of nitrogens with zero attached hydrogens (tertiary/aromatic N) is 1. The molecule has 2 aliphatic heterocycles. The molecule has 0 aliphatic carbocycles. The number of carboxylic acids is 1. The van der Waals surface area contributed by atoms with Crippen molar-refractivity contribution in [3.05, 3.63) is 23.9 Å². The maximum absolute atomic E-state index is 12.2. The first-order chi connectivity index (χ1) is 9.82. The van der Waals surface area contributed by atoms with Crippen LogP contribution in [-0.2, 0) is 19.1 Å². The minimum atomic E-state index is -1.23. The predicted molar refractivity (Wildman–Crippen MR) is 76.1 cm³/mol. The van der Waals surface area contributed by atoms with Crippen molar-refractivity contribution in [2.75, 3.05) is 12.4 Å². The number of aliphatic carboxylic acids is 1. The van der Waals surface area contributed by atoms with Crippen molar-refractivity contribution < 1.29 is 24.2 Å². The minimum Gasteiger partial charge on any atom is -0.477 e. The highest BCUT2D eigenvalue weighted by atomic mass is 32.2. The molecule has 0 bridgehead atoms. The van der Waals surface area contributed by atoms with Gasteiger partial charge < -0.3 is 15.6 Å². The summed E-state index contributed by atoms with van der Waals surface area (Å²) in [5.41, 5.74) is 5.21. The van der Waals surface area contributed by atoms with Gasteiger partial charge in [0.2, 0.25) is 0 Å². The Morgan fingerprint density at radius 2 is 2.33 bits per heavy atom. The fourth-order valence-corrected chi connectivity index (χ4v) is 3.86. The topological polar surface area (TPSA) is 110 Å². The Hall–Kier alpha value is -1.80. The van der Waals surface area contributed by atoms with Crippen molar-refractivity contribution >= 4 is 29.6 Å². The number of hydrogen-bond donors (Lipinski definition) is 2. The first-order valence-corrected chi connectivity index (χ1v) is 7.31. The highest BCUT2D eigenvalue weighted by Crippen LogP contribution is 2.46. The van der Waals surface area contributed by atoms with Gasteiger partial charge in [0.25, 0.3) is 5.91 Å². The molecule has 0 unspecified atom stereocenters. The Balaban J connectivity index is 2.30. The molecule has 0 aromatic rings. The van der Waals surface area contributed by atoms with Crippen LogP contribution in [0.4, 0.5) is 0 Å². The number of hydrogen-bond acceptors (Lipinski definition) is 6. The molecule has 114 valence electrons. The van der Waals surface area contributed by atoms with Gasteiger partial charge in [0.1, 0.15) is 23.2 Å². The number of rotatable bonds is 5. The van der Waals surface area contributed by atoms with Gasteiger partial charge in [0.15, 0.2) is 0 Å². The maximum atomic E-state index is 12.2. The third kappa shape index (κ3) is 2.44. The van der Waals surface area contributed by atoms with Crippen LogP contribution in [0.25, 0.3) is 0 Å². The van der Waals surface area contributed by atoms with Gasteiger partial charge in [-0.3, -0.25) is 14.5 Å². The largest absolute Gasteiger partial charge is 0.477 e. The van der Waals surface area contributed by atoms with E-state index in [1.165, 1.54) is 23.6 Å². The van der Waals surface area contributed by atoms with E-state index in [0.29, 0.717) is 11.3 Å². The average molecular weight is 312 g/mol. The SMILES string of the molecule is C=CC[C@]1(N)C(=O)N2C(C(=O)O)=C(COC(C)=O)CS[C@@H]21. The zero-order chi connectivity index (χ0) is 15.8. The number of carbonyl (C=O) groups is 3. The summed E-state index contributed by atoms with van der Waals surface area (Å²) in [4.78, 5) is 35.7. The standard InChI is InChI=1S/C13H16N2O5S/c1-3-4-13(14)11(19)15-9(10(17)18)8(5-20-7(2)16)6-21-12(13)15/h3,12H,1,4-6,14H2,2H3,(H,17,18)/t12-,13+/m1/s1. The van der Waals surface area contributed by atoms with Crippen molar-refractivity contribution in [1.29, 1.82) is 0 Å². The summed E-state index contributed by atoms with van der Waals surface area (Å²) < 4.78 is 4.85. The molecule has 1 fully saturated rings. The summed E-state index contributed by atoms with van der Waals surface area (Å²) in [7, 11) is 0. The van der Waals surface area contributed by atoms with Crippen LogP contribution in [0, 0.1) is 0 Å². The quantitative estimate of drug-likeness (QED) is 0.420. The molecule has 0 aromatic heterocycles. The lowest BCUT2D eigenvalue weighted by Gasteiger charge is -2.55. The maximum Gasteiger partial charge on any atom is 0.352 e. The van der Waals surface area contributed by atoms with Gasteiger partial charge >= 0.3 is 11.9 Å². The molecule has 0 spiro atoms. The number of fused-ring (bicyclic) bond motifs is 1. The van der Waals surface area contributed by atoms with Gasteiger partial charge in [-0.1, -0.05) is 6.08 Å². The lowest BCUT2D eigenvalue weighted by Crippen LogP contribution is -2.77. The summed E-state index contributed by atoms with van der Waals surface area (Å²) in [6.45, 7) is 4.67. The van der Waals surface area contributed by atoms with E-state index in [1.807, 2.05) is 0 Å². The third-order valence-electron chi connectivity index (χ3n) is 3.42. The Labute approximate surface area is 125 Å². The molecule has 1 saturated heterocycles. The van der Waals surface area contributed by atoms with Crippen molar-refractivity contribution in [3.8, 4) is 0 Å². The summed E-state index contributed by atoms with van der Waals surface area (Å²) in [6, 6.07) is 0. The van der Waals surface area contributed by atoms with Gasteiger partial charge in [0.05, 0.1) is 0 Å². The van der Waals surface area contributed by atoms with Crippen molar-refractivity contribution in [2.45, 2.75) is 24.3 Å². The molecular weight excluding hydrogens is 296 g/mol. The predicted octanol–water partition coefficient (Wildman–Crippen LogP) is 0.0769. The van der Waals surface area contributed by atoms with E-state index in [1.54, 1.807) is 6.08 Å². The molecular formula is C13H16N2O5S. The Kier molecular flexibility index (Phi) is 4.11. The second-order valence-corrected chi connectivity index (χ2v) is 5.98. The van der Waals surface area contributed by atoms with Crippen LogP contribution in [0.2, 0.25) is 0 Å². The molecule has 21 heavy (non-hydrogen) atoms. The number of nitrogens with two attached hydrogens (primary N) is 1. The molecule has 2 atom stereocenters. The highest BCUT2D eigenvalue weighted by molar-refractivity contribution is 8.00. The minimum absolute atomic E-state index is 0.130. The number of esters is 1. The molecule has 2 rings (SSSR count). The van der Waals surface area contributed by atoms with Gasteiger partial charge in [0, 0.05) is 18.2 Å². The van der Waals surface area contributed by atoms with Crippen LogP contribution in [-0.4, -0.2) is 51.1 Å². The second-order valence-electron chi connectivity index (χ2n) is 4.91. The number of amides is 1. The number of ether oxygens (including phenoxy) is 1. The summed E-state index contributed by atoms with van der Waals surface area (Å²) in [5.74, 6) is -1.83. The van der Waals surface area contributed by atoms with E-state index < -0.39 is 28.8 Å². The molecule has 2 heterocycles. The van der Waals surface area contributed by atoms with Crippen LogP contribution in [0.5, 0.6) is 0 Å². The average Bonchev–Trinajstić information content (AvgIpc) is 2.43. The molecule has 0 radical (unpaired) electrons. The molecule has 3 N–H and O–H groups in total. The van der Waals surface area contributed by atoms with E-state index in [-0.39, 0.29) is 18.7 Å². The number of carboxylic acid groups (broad SMARTS) is 1. The fraction of sp³-hybridized carbons (Fsp3) is 0.462. The molecule has 7 nitrogen and oxygen atoms in total. The van der Waals surface area contributed by atoms with Crippen molar-refractivity contribution in [2.24, 2.45) is 5.73 Å². The van der Waals surface area contributed by atoms with E-state index in [9.17, 15) is 19.5 Å². The summed E-state index contributed by atoms with van der Waals surface area (Å²) in [5, 5.41) is 8.92.